The number of aromatic nitrogens is 3. The number of likely N-dealkylation sites (tertiary alicyclic amines) is 1. The minimum absolute atomic E-state index is 0.0548. The van der Waals surface area contributed by atoms with Gasteiger partial charge in [-0.1, -0.05) is 6.07 Å². The second kappa shape index (κ2) is 9.15. The highest BCUT2D eigenvalue weighted by atomic mass is 19.4. The summed E-state index contributed by atoms with van der Waals surface area (Å²) in [6.07, 6.45) is 2.09. The maximum Gasteiger partial charge on any atom is 0.422 e. The standard InChI is InChI=1S/C19H25F3N6O/c1-3-23-18(28-7-6-15(12-28)16-10-26-27(2)11-16)25-9-14-4-5-17(24-8-14)29-13-19(20,21)22/h4-5,8,10-11,15H,3,6-7,9,12-13H2,1-2H3,(H,23,25). The third-order valence-electron chi connectivity index (χ3n) is 4.61. The zero-order valence-corrected chi connectivity index (χ0v) is 16.5. The lowest BCUT2D eigenvalue weighted by atomic mass is 10.0. The minimum Gasteiger partial charge on any atom is -0.468 e. The molecule has 158 valence electrons. The van der Waals surface area contributed by atoms with Crippen LogP contribution in [0.15, 0.2) is 35.7 Å². The van der Waals surface area contributed by atoms with Crippen LogP contribution >= 0.6 is 0 Å². The number of aryl methyl sites for hydroxylation is 1. The molecule has 1 atom stereocenters. The highest BCUT2D eigenvalue weighted by Crippen LogP contribution is 2.26. The van der Waals surface area contributed by atoms with Gasteiger partial charge in [0.25, 0.3) is 0 Å². The zero-order chi connectivity index (χ0) is 20.9. The maximum atomic E-state index is 12.2. The molecule has 0 amide bonds. The second-order valence-electron chi connectivity index (χ2n) is 6.96. The van der Waals surface area contributed by atoms with E-state index in [1.807, 2.05) is 31.0 Å². The van der Waals surface area contributed by atoms with E-state index >= 15 is 0 Å². The summed E-state index contributed by atoms with van der Waals surface area (Å²) in [5, 5.41) is 7.56. The van der Waals surface area contributed by atoms with E-state index in [1.54, 1.807) is 6.07 Å². The predicted octanol–water partition coefficient (Wildman–Crippen LogP) is 2.71. The summed E-state index contributed by atoms with van der Waals surface area (Å²) in [6, 6.07) is 3.10. The van der Waals surface area contributed by atoms with Crippen molar-refractivity contribution >= 4 is 5.96 Å². The predicted molar refractivity (Wildman–Crippen MR) is 103 cm³/mol. The first-order valence-corrected chi connectivity index (χ1v) is 9.50. The summed E-state index contributed by atoms with van der Waals surface area (Å²) in [5.41, 5.74) is 2.02. The van der Waals surface area contributed by atoms with Crippen LogP contribution in [0.2, 0.25) is 0 Å². The molecule has 1 saturated heterocycles. The Bertz CT molecular complexity index is 818. The van der Waals surface area contributed by atoms with Gasteiger partial charge in [0, 0.05) is 51.1 Å². The van der Waals surface area contributed by atoms with Gasteiger partial charge in [0.05, 0.1) is 12.7 Å². The molecular weight excluding hydrogens is 385 g/mol. The van der Waals surface area contributed by atoms with Gasteiger partial charge in [0.15, 0.2) is 12.6 Å². The van der Waals surface area contributed by atoms with Crippen molar-refractivity contribution in [3.63, 3.8) is 0 Å². The Morgan fingerprint density at radius 3 is 2.79 bits per heavy atom. The fourth-order valence-electron chi connectivity index (χ4n) is 3.21. The third-order valence-corrected chi connectivity index (χ3v) is 4.61. The molecule has 0 bridgehead atoms. The van der Waals surface area contributed by atoms with Gasteiger partial charge in [-0.05, 0) is 24.5 Å². The van der Waals surface area contributed by atoms with E-state index in [9.17, 15) is 13.2 Å². The first-order chi connectivity index (χ1) is 13.8. The molecule has 10 heteroatoms. The molecule has 1 fully saturated rings. The van der Waals surface area contributed by atoms with Crippen molar-refractivity contribution in [1.29, 1.82) is 0 Å². The van der Waals surface area contributed by atoms with Crippen molar-refractivity contribution < 1.29 is 17.9 Å². The van der Waals surface area contributed by atoms with Crippen LogP contribution in [0, 0.1) is 0 Å². The highest BCUT2D eigenvalue weighted by Gasteiger charge is 2.29. The van der Waals surface area contributed by atoms with Gasteiger partial charge < -0.3 is 15.0 Å². The van der Waals surface area contributed by atoms with Crippen molar-refractivity contribution in [3.05, 3.63) is 41.9 Å². The van der Waals surface area contributed by atoms with E-state index in [0.29, 0.717) is 12.5 Å². The van der Waals surface area contributed by atoms with E-state index in [2.05, 4.69) is 30.0 Å². The summed E-state index contributed by atoms with van der Waals surface area (Å²) in [7, 11) is 1.91. The van der Waals surface area contributed by atoms with Crippen LogP contribution in [-0.4, -0.2) is 58.0 Å². The van der Waals surface area contributed by atoms with E-state index in [-0.39, 0.29) is 5.88 Å². The molecule has 7 nitrogen and oxygen atoms in total. The smallest absolute Gasteiger partial charge is 0.422 e. The van der Waals surface area contributed by atoms with Crippen molar-refractivity contribution in [3.8, 4) is 5.88 Å². The Morgan fingerprint density at radius 2 is 2.17 bits per heavy atom. The first kappa shape index (κ1) is 20.9. The van der Waals surface area contributed by atoms with Crippen molar-refractivity contribution in [2.75, 3.05) is 26.2 Å². The summed E-state index contributed by atoms with van der Waals surface area (Å²) in [4.78, 5) is 10.8. The fraction of sp³-hybridized carbons (Fsp3) is 0.526. The Labute approximate surface area is 167 Å². The molecule has 29 heavy (non-hydrogen) atoms. The van der Waals surface area contributed by atoms with E-state index < -0.39 is 12.8 Å². The molecule has 0 spiro atoms. The number of guanidine groups is 1. The molecule has 2 aromatic heterocycles. The normalized spacial score (nSPS) is 17.6. The fourth-order valence-corrected chi connectivity index (χ4v) is 3.21. The Hall–Kier alpha value is -2.78. The largest absolute Gasteiger partial charge is 0.468 e. The van der Waals surface area contributed by atoms with Gasteiger partial charge in [0.1, 0.15) is 0 Å². The number of hydrogen-bond donors (Lipinski definition) is 1. The van der Waals surface area contributed by atoms with Crippen LogP contribution in [0.4, 0.5) is 13.2 Å². The number of pyridine rings is 1. The number of hydrogen-bond acceptors (Lipinski definition) is 4. The molecule has 1 N–H and O–H groups in total. The van der Waals surface area contributed by atoms with Gasteiger partial charge in [-0.25, -0.2) is 9.98 Å². The van der Waals surface area contributed by atoms with E-state index in [4.69, 9.17) is 0 Å². The number of alkyl halides is 3. The molecule has 0 radical (unpaired) electrons. The number of nitrogens with zero attached hydrogens (tertiary/aromatic N) is 5. The van der Waals surface area contributed by atoms with Gasteiger partial charge in [-0.2, -0.15) is 18.3 Å². The van der Waals surface area contributed by atoms with Crippen LogP contribution in [-0.2, 0) is 13.6 Å². The van der Waals surface area contributed by atoms with Crippen LogP contribution in [0.25, 0.3) is 0 Å². The molecule has 1 aliphatic heterocycles. The third kappa shape index (κ3) is 6.10. The number of nitrogens with one attached hydrogen (secondary N) is 1. The second-order valence-corrected chi connectivity index (χ2v) is 6.96. The van der Waals surface area contributed by atoms with Crippen LogP contribution in [0.1, 0.15) is 30.4 Å². The van der Waals surface area contributed by atoms with Crippen LogP contribution in [0.5, 0.6) is 5.88 Å². The summed E-state index contributed by atoms with van der Waals surface area (Å²) < 4.78 is 43.0. The SMILES string of the molecule is CCNC(=NCc1ccc(OCC(F)(F)F)nc1)N1CCC(c2cnn(C)c2)C1. The maximum absolute atomic E-state index is 12.2. The summed E-state index contributed by atoms with van der Waals surface area (Å²) in [5.74, 6) is 1.18. The molecule has 0 aliphatic carbocycles. The van der Waals surface area contributed by atoms with E-state index in [1.165, 1.54) is 17.8 Å². The molecule has 0 saturated carbocycles. The molecule has 3 heterocycles. The van der Waals surface area contributed by atoms with Crippen molar-refractivity contribution in [2.45, 2.75) is 32.0 Å². The molecule has 0 aromatic carbocycles. The molecule has 2 aromatic rings. The average Bonchev–Trinajstić information content (AvgIpc) is 3.33. The molecule has 3 rings (SSSR count). The van der Waals surface area contributed by atoms with Gasteiger partial charge in [-0.15, -0.1) is 0 Å². The number of rotatable bonds is 6. The monoisotopic (exact) mass is 410 g/mol. The van der Waals surface area contributed by atoms with Gasteiger partial charge in [-0.3, -0.25) is 4.68 Å². The van der Waals surface area contributed by atoms with Crippen molar-refractivity contribution in [2.24, 2.45) is 12.0 Å². The minimum atomic E-state index is -4.38. The number of ether oxygens (including phenoxy) is 1. The number of halogens is 3. The first-order valence-electron chi connectivity index (χ1n) is 9.50. The lowest BCUT2D eigenvalue weighted by Crippen LogP contribution is -2.40. The molecule has 1 unspecified atom stereocenters. The van der Waals surface area contributed by atoms with E-state index in [0.717, 1.165) is 37.6 Å². The van der Waals surface area contributed by atoms with Gasteiger partial charge in [0.2, 0.25) is 5.88 Å². The van der Waals surface area contributed by atoms with Crippen LogP contribution in [0.3, 0.4) is 0 Å². The summed E-state index contributed by atoms with van der Waals surface area (Å²) >= 11 is 0. The topological polar surface area (TPSA) is 67.6 Å². The Balaban J connectivity index is 1.59. The lowest BCUT2D eigenvalue weighted by Gasteiger charge is -2.21. The molecular formula is C19H25F3N6O. The highest BCUT2D eigenvalue weighted by molar-refractivity contribution is 5.80. The van der Waals surface area contributed by atoms with Crippen LogP contribution < -0.4 is 10.1 Å². The Morgan fingerprint density at radius 1 is 1.34 bits per heavy atom. The Kier molecular flexibility index (Phi) is 6.60. The van der Waals surface area contributed by atoms with Gasteiger partial charge >= 0.3 is 6.18 Å². The lowest BCUT2D eigenvalue weighted by molar-refractivity contribution is -0.154. The van der Waals surface area contributed by atoms with Crippen molar-refractivity contribution in [1.82, 2.24) is 25.0 Å². The zero-order valence-electron chi connectivity index (χ0n) is 16.5. The number of aliphatic imine (C=N–C) groups is 1. The summed E-state index contributed by atoms with van der Waals surface area (Å²) in [6.45, 7) is 3.54. The average molecular weight is 410 g/mol. The quantitative estimate of drug-likeness (QED) is 0.586. The molecule has 1 aliphatic rings.